The van der Waals surface area contributed by atoms with Gasteiger partial charge in [0.2, 0.25) is 0 Å². The molecule has 0 N–H and O–H groups in total. The molecule has 0 atom stereocenters. The molecule has 0 bridgehead atoms. The van der Waals surface area contributed by atoms with Gasteiger partial charge in [0, 0.05) is 6.07 Å². The molecule has 0 heterocycles. The van der Waals surface area contributed by atoms with Gasteiger partial charge in [-0.15, -0.1) is 5.11 Å². The van der Waals surface area contributed by atoms with E-state index in [-0.39, 0.29) is 17.3 Å². The molecular weight excluding hydrogens is 240 g/mol. The summed E-state index contributed by atoms with van der Waals surface area (Å²) in [4.78, 5) is 19.9. The van der Waals surface area contributed by atoms with Gasteiger partial charge in [-0.25, -0.2) is 0 Å². The summed E-state index contributed by atoms with van der Waals surface area (Å²) in [5.41, 5.74) is -0.743. The van der Waals surface area contributed by atoms with Crippen LogP contribution in [0.25, 0.3) is 0 Å². The van der Waals surface area contributed by atoms with E-state index in [2.05, 4.69) is 10.2 Å². The fourth-order valence-electron chi connectivity index (χ4n) is 1.14. The third kappa shape index (κ3) is 3.58. The summed E-state index contributed by atoms with van der Waals surface area (Å²) in [5, 5.41) is 28.8. The molecule has 0 fully saturated rings. The topological polar surface area (TPSA) is 111 Å². The van der Waals surface area contributed by atoms with Gasteiger partial charge in [0.05, 0.1) is 22.5 Å². The quantitative estimate of drug-likeness (QED) is 0.454. The normalized spacial score (nSPS) is 11.1. The van der Waals surface area contributed by atoms with E-state index >= 15 is 0 Å². The second kappa shape index (κ2) is 5.80. The zero-order valence-corrected chi connectivity index (χ0v) is 9.94. The lowest BCUT2D eigenvalue weighted by molar-refractivity contribution is -0.393. The molecule has 1 aromatic carbocycles. The van der Waals surface area contributed by atoms with Crippen molar-refractivity contribution in [3.8, 4) is 0 Å². The van der Waals surface area contributed by atoms with Gasteiger partial charge in [0.15, 0.2) is 5.69 Å². The molecule has 18 heavy (non-hydrogen) atoms. The number of nitrogens with zero attached hydrogens (tertiary/aromatic N) is 4. The number of nitro benzene ring substituents is 2. The molecule has 1 aromatic rings. The minimum absolute atomic E-state index is 0.0197. The average Bonchev–Trinajstić information content (AvgIpc) is 2.28. The number of benzene rings is 1. The summed E-state index contributed by atoms with van der Waals surface area (Å²) in [6.07, 6.45) is 0. The summed E-state index contributed by atoms with van der Waals surface area (Å²) >= 11 is 0. The van der Waals surface area contributed by atoms with Crippen molar-refractivity contribution in [3.05, 3.63) is 38.4 Å². The second-order valence-corrected chi connectivity index (χ2v) is 4.01. The lowest BCUT2D eigenvalue weighted by atomic mass is 10.2. The Morgan fingerprint density at radius 1 is 1.22 bits per heavy atom. The van der Waals surface area contributed by atoms with E-state index in [1.807, 2.05) is 13.8 Å². The zero-order valence-electron chi connectivity index (χ0n) is 9.94. The van der Waals surface area contributed by atoms with Crippen molar-refractivity contribution < 1.29 is 9.85 Å². The Morgan fingerprint density at radius 3 is 2.39 bits per heavy atom. The highest BCUT2D eigenvalue weighted by molar-refractivity contribution is 5.61. The Hall–Kier alpha value is -2.38. The van der Waals surface area contributed by atoms with Crippen molar-refractivity contribution in [1.29, 1.82) is 0 Å². The van der Waals surface area contributed by atoms with Gasteiger partial charge in [0.1, 0.15) is 0 Å². The van der Waals surface area contributed by atoms with Crippen molar-refractivity contribution in [2.75, 3.05) is 6.54 Å². The SMILES string of the molecule is CC(C)CN=Nc1ccc([N+](=O)[O-])cc1[N+](=O)[O-]. The maximum atomic E-state index is 10.8. The summed E-state index contributed by atoms with van der Waals surface area (Å²) in [5.74, 6) is 0.283. The molecule has 0 aromatic heterocycles. The summed E-state index contributed by atoms with van der Waals surface area (Å²) in [7, 11) is 0. The number of hydrogen-bond donors (Lipinski definition) is 0. The molecule has 0 radical (unpaired) electrons. The fourth-order valence-corrected chi connectivity index (χ4v) is 1.14. The average molecular weight is 252 g/mol. The first kappa shape index (κ1) is 13.7. The van der Waals surface area contributed by atoms with Gasteiger partial charge in [0.25, 0.3) is 5.69 Å². The van der Waals surface area contributed by atoms with E-state index in [1.165, 1.54) is 6.07 Å². The van der Waals surface area contributed by atoms with E-state index in [9.17, 15) is 20.2 Å². The molecular formula is C10H12N4O4. The van der Waals surface area contributed by atoms with Crippen molar-refractivity contribution >= 4 is 17.1 Å². The first-order chi connectivity index (χ1) is 8.41. The fraction of sp³-hybridized carbons (Fsp3) is 0.400. The third-order valence-corrected chi connectivity index (χ3v) is 1.99. The molecule has 8 nitrogen and oxygen atoms in total. The van der Waals surface area contributed by atoms with Gasteiger partial charge in [-0.3, -0.25) is 20.2 Å². The number of nitro groups is 2. The minimum Gasteiger partial charge on any atom is -0.258 e. The van der Waals surface area contributed by atoms with Crippen LogP contribution in [-0.4, -0.2) is 16.4 Å². The van der Waals surface area contributed by atoms with E-state index in [1.54, 1.807) is 0 Å². The van der Waals surface area contributed by atoms with Gasteiger partial charge >= 0.3 is 5.69 Å². The lowest BCUT2D eigenvalue weighted by Crippen LogP contribution is -1.93. The largest absolute Gasteiger partial charge is 0.303 e. The highest BCUT2D eigenvalue weighted by atomic mass is 16.6. The van der Waals surface area contributed by atoms with Gasteiger partial charge in [-0.2, -0.15) is 5.11 Å². The standard InChI is InChI=1S/C10H12N4O4/c1-7(2)6-11-12-9-4-3-8(13(15)16)5-10(9)14(17)18/h3-5,7H,6H2,1-2H3. The Kier molecular flexibility index (Phi) is 4.41. The van der Waals surface area contributed by atoms with Crippen LogP contribution in [0.2, 0.25) is 0 Å². The molecule has 1 rings (SSSR count). The van der Waals surface area contributed by atoms with E-state index in [0.29, 0.717) is 6.54 Å². The van der Waals surface area contributed by atoms with E-state index < -0.39 is 15.5 Å². The maximum Gasteiger partial charge on any atom is 0.303 e. The Bertz CT molecular complexity index is 499. The van der Waals surface area contributed by atoms with E-state index in [4.69, 9.17) is 0 Å². The highest BCUT2D eigenvalue weighted by Gasteiger charge is 2.19. The van der Waals surface area contributed by atoms with Crippen molar-refractivity contribution in [3.63, 3.8) is 0 Å². The monoisotopic (exact) mass is 252 g/mol. The van der Waals surface area contributed by atoms with Crippen LogP contribution < -0.4 is 0 Å². The Balaban J connectivity index is 3.08. The predicted octanol–water partition coefficient (Wildman–Crippen LogP) is 3.24. The van der Waals surface area contributed by atoms with Crippen LogP contribution in [0, 0.1) is 26.1 Å². The van der Waals surface area contributed by atoms with Crippen LogP contribution in [0.4, 0.5) is 17.1 Å². The van der Waals surface area contributed by atoms with E-state index in [0.717, 1.165) is 12.1 Å². The van der Waals surface area contributed by atoms with Gasteiger partial charge in [-0.05, 0) is 12.0 Å². The van der Waals surface area contributed by atoms with Crippen LogP contribution in [0.3, 0.4) is 0 Å². The number of non-ortho nitro benzene ring substituents is 1. The molecule has 0 spiro atoms. The molecule has 0 unspecified atom stereocenters. The third-order valence-electron chi connectivity index (χ3n) is 1.99. The van der Waals surface area contributed by atoms with Gasteiger partial charge in [-0.1, -0.05) is 13.8 Å². The number of azo groups is 1. The van der Waals surface area contributed by atoms with Crippen molar-refractivity contribution in [2.45, 2.75) is 13.8 Å². The summed E-state index contributed by atoms with van der Waals surface area (Å²) < 4.78 is 0. The number of rotatable bonds is 5. The minimum atomic E-state index is -0.712. The molecule has 96 valence electrons. The smallest absolute Gasteiger partial charge is 0.258 e. The summed E-state index contributed by atoms with van der Waals surface area (Å²) in [6, 6.07) is 3.26. The van der Waals surface area contributed by atoms with Crippen molar-refractivity contribution in [1.82, 2.24) is 0 Å². The van der Waals surface area contributed by atoms with Gasteiger partial charge < -0.3 is 0 Å². The van der Waals surface area contributed by atoms with Crippen LogP contribution in [0.1, 0.15) is 13.8 Å². The molecule has 0 aliphatic heterocycles. The Morgan fingerprint density at radius 2 is 1.89 bits per heavy atom. The van der Waals surface area contributed by atoms with Crippen LogP contribution in [-0.2, 0) is 0 Å². The lowest BCUT2D eigenvalue weighted by Gasteiger charge is -1.98. The van der Waals surface area contributed by atoms with Crippen LogP contribution in [0.5, 0.6) is 0 Å². The predicted molar refractivity (Wildman–Crippen MR) is 64.0 cm³/mol. The molecule has 8 heteroatoms. The molecule has 0 aliphatic rings. The molecule has 0 saturated carbocycles. The first-order valence-electron chi connectivity index (χ1n) is 5.22. The highest BCUT2D eigenvalue weighted by Crippen LogP contribution is 2.31. The summed E-state index contributed by atoms with van der Waals surface area (Å²) in [6.45, 7) is 4.31. The maximum absolute atomic E-state index is 10.8. The number of hydrogen-bond acceptors (Lipinski definition) is 6. The zero-order chi connectivity index (χ0) is 13.7. The van der Waals surface area contributed by atoms with Crippen LogP contribution >= 0.6 is 0 Å². The molecule has 0 saturated heterocycles. The van der Waals surface area contributed by atoms with Crippen LogP contribution in [0.15, 0.2) is 28.4 Å². The first-order valence-corrected chi connectivity index (χ1v) is 5.22. The van der Waals surface area contributed by atoms with Crippen molar-refractivity contribution in [2.24, 2.45) is 16.1 Å². The molecule has 0 amide bonds. The Labute approximate surface area is 103 Å². The second-order valence-electron chi connectivity index (χ2n) is 4.01. The molecule has 0 aliphatic carbocycles.